The number of nitrogens with one attached hydrogen (secondary N) is 1. The quantitative estimate of drug-likeness (QED) is 0.802. The molecular formula is C14H23N3O5S. The van der Waals surface area contributed by atoms with Crippen LogP contribution in [0.3, 0.4) is 0 Å². The average Bonchev–Trinajstić information content (AvgIpc) is 3.08. The van der Waals surface area contributed by atoms with Crippen molar-refractivity contribution in [3.63, 3.8) is 0 Å². The second-order valence-corrected chi connectivity index (χ2v) is 8.44. The summed E-state index contributed by atoms with van der Waals surface area (Å²) in [6.07, 6.45) is 0. The molecule has 1 N–H and O–H groups in total. The number of nitrogens with zero attached hydrogens (tertiary/aromatic N) is 2. The van der Waals surface area contributed by atoms with Crippen LogP contribution in [0.2, 0.25) is 0 Å². The van der Waals surface area contributed by atoms with Gasteiger partial charge in [-0.3, -0.25) is 4.79 Å². The highest BCUT2D eigenvalue weighted by Crippen LogP contribution is 2.19. The summed E-state index contributed by atoms with van der Waals surface area (Å²) < 4.78 is 35.5. The van der Waals surface area contributed by atoms with E-state index in [2.05, 4.69) is 10.5 Å². The molecule has 23 heavy (non-hydrogen) atoms. The topological polar surface area (TPSA) is 102 Å². The summed E-state index contributed by atoms with van der Waals surface area (Å²) in [5.41, 5.74) is 0.699. The lowest BCUT2D eigenvalue weighted by Gasteiger charge is -2.20. The van der Waals surface area contributed by atoms with Crippen molar-refractivity contribution in [2.45, 2.75) is 25.8 Å². The van der Waals surface area contributed by atoms with Crippen molar-refractivity contribution in [3.05, 3.63) is 17.5 Å². The minimum absolute atomic E-state index is 0.0708. The van der Waals surface area contributed by atoms with E-state index in [-0.39, 0.29) is 36.0 Å². The molecule has 8 nitrogen and oxygen atoms in total. The molecule has 2 atom stereocenters. The maximum absolute atomic E-state index is 12.2. The van der Waals surface area contributed by atoms with Crippen molar-refractivity contribution in [1.29, 1.82) is 0 Å². The first-order valence-electron chi connectivity index (χ1n) is 7.46. The maximum Gasteiger partial charge on any atom is 0.290 e. The van der Waals surface area contributed by atoms with E-state index in [1.54, 1.807) is 6.07 Å². The predicted octanol–water partition coefficient (Wildman–Crippen LogP) is 0.434. The lowest BCUT2D eigenvalue weighted by molar-refractivity contribution is 0.0888. The SMILES string of the molecule is CC(C)c1cc(C(=O)N[C@H]2COC[C@H]2CS(=O)(=O)N(C)C)on1. The van der Waals surface area contributed by atoms with Crippen molar-refractivity contribution in [2.75, 3.05) is 33.1 Å². The van der Waals surface area contributed by atoms with E-state index in [0.717, 1.165) is 0 Å². The maximum atomic E-state index is 12.2. The van der Waals surface area contributed by atoms with Gasteiger partial charge in [-0.1, -0.05) is 19.0 Å². The second-order valence-electron chi connectivity index (χ2n) is 6.21. The van der Waals surface area contributed by atoms with E-state index in [0.29, 0.717) is 12.3 Å². The summed E-state index contributed by atoms with van der Waals surface area (Å²) in [6.45, 7) is 4.48. The van der Waals surface area contributed by atoms with Gasteiger partial charge in [-0.25, -0.2) is 12.7 Å². The molecule has 9 heteroatoms. The normalized spacial score (nSPS) is 22.0. The van der Waals surface area contributed by atoms with Crippen LogP contribution < -0.4 is 5.32 Å². The molecule has 0 aromatic carbocycles. The minimum Gasteiger partial charge on any atom is -0.379 e. The second kappa shape index (κ2) is 6.98. The van der Waals surface area contributed by atoms with Crippen LogP contribution in [0.4, 0.5) is 0 Å². The Labute approximate surface area is 136 Å². The Morgan fingerprint density at radius 2 is 2.13 bits per heavy atom. The molecule has 0 bridgehead atoms. The molecule has 1 amide bonds. The molecule has 2 heterocycles. The lowest BCUT2D eigenvalue weighted by Crippen LogP contribution is -2.43. The summed E-state index contributed by atoms with van der Waals surface area (Å²) >= 11 is 0. The van der Waals surface area contributed by atoms with Gasteiger partial charge in [0.05, 0.1) is 30.7 Å². The molecule has 0 aliphatic carbocycles. The Hall–Kier alpha value is -1.45. The number of ether oxygens (including phenoxy) is 1. The van der Waals surface area contributed by atoms with E-state index in [1.807, 2.05) is 13.8 Å². The highest BCUT2D eigenvalue weighted by atomic mass is 32.2. The number of hydrogen-bond acceptors (Lipinski definition) is 6. The number of sulfonamides is 1. The molecule has 1 aliphatic heterocycles. The highest BCUT2D eigenvalue weighted by molar-refractivity contribution is 7.89. The number of carbonyl (C=O) groups excluding carboxylic acids is 1. The van der Waals surface area contributed by atoms with E-state index in [9.17, 15) is 13.2 Å². The highest BCUT2D eigenvalue weighted by Gasteiger charge is 2.34. The zero-order valence-corrected chi connectivity index (χ0v) is 14.6. The van der Waals surface area contributed by atoms with E-state index >= 15 is 0 Å². The molecular weight excluding hydrogens is 322 g/mol. The first-order valence-corrected chi connectivity index (χ1v) is 9.07. The lowest BCUT2D eigenvalue weighted by atomic mass is 10.1. The minimum atomic E-state index is -3.36. The molecule has 2 rings (SSSR count). The number of rotatable bonds is 6. The summed E-state index contributed by atoms with van der Waals surface area (Å²) in [5.74, 6) is -0.493. The zero-order valence-electron chi connectivity index (χ0n) is 13.8. The average molecular weight is 345 g/mol. The van der Waals surface area contributed by atoms with Gasteiger partial charge in [0.25, 0.3) is 5.91 Å². The third-order valence-electron chi connectivity index (χ3n) is 3.84. The fraction of sp³-hybridized carbons (Fsp3) is 0.714. The first-order chi connectivity index (χ1) is 10.7. The molecule has 130 valence electrons. The van der Waals surface area contributed by atoms with Crippen LogP contribution in [0.1, 0.15) is 36.0 Å². The first kappa shape index (κ1) is 17.9. The third-order valence-corrected chi connectivity index (χ3v) is 5.80. The fourth-order valence-electron chi connectivity index (χ4n) is 2.25. The fourth-order valence-corrected chi connectivity index (χ4v) is 3.42. The van der Waals surface area contributed by atoms with Crippen molar-refractivity contribution in [3.8, 4) is 0 Å². The van der Waals surface area contributed by atoms with Gasteiger partial charge in [-0.15, -0.1) is 0 Å². The predicted molar refractivity (Wildman–Crippen MR) is 83.6 cm³/mol. The Morgan fingerprint density at radius 3 is 2.70 bits per heavy atom. The molecule has 0 saturated carbocycles. The van der Waals surface area contributed by atoms with Crippen LogP contribution in [0.25, 0.3) is 0 Å². The molecule has 0 unspecified atom stereocenters. The zero-order chi connectivity index (χ0) is 17.2. The summed E-state index contributed by atoms with van der Waals surface area (Å²) in [5, 5.41) is 6.62. The van der Waals surface area contributed by atoms with Crippen molar-refractivity contribution in [2.24, 2.45) is 5.92 Å². The number of aromatic nitrogens is 1. The smallest absolute Gasteiger partial charge is 0.290 e. The van der Waals surface area contributed by atoms with Gasteiger partial charge in [-0.05, 0) is 5.92 Å². The van der Waals surface area contributed by atoms with Crippen molar-refractivity contribution >= 4 is 15.9 Å². The van der Waals surface area contributed by atoms with Crippen LogP contribution in [0.15, 0.2) is 10.6 Å². The Bertz CT molecular complexity index is 653. The van der Waals surface area contributed by atoms with Gasteiger partial charge >= 0.3 is 0 Å². The Kier molecular flexibility index (Phi) is 5.43. The van der Waals surface area contributed by atoms with Crippen molar-refractivity contribution in [1.82, 2.24) is 14.8 Å². The number of amides is 1. The summed E-state index contributed by atoms with van der Waals surface area (Å²) in [6, 6.07) is 1.23. The molecule has 1 saturated heterocycles. The Balaban J connectivity index is 2.01. The number of hydrogen-bond donors (Lipinski definition) is 1. The van der Waals surface area contributed by atoms with E-state index in [1.165, 1.54) is 18.4 Å². The van der Waals surface area contributed by atoms with Crippen LogP contribution in [0, 0.1) is 5.92 Å². The van der Waals surface area contributed by atoms with Gasteiger partial charge < -0.3 is 14.6 Å². The van der Waals surface area contributed by atoms with Gasteiger partial charge in [0.15, 0.2) is 0 Å². The van der Waals surface area contributed by atoms with E-state index in [4.69, 9.17) is 9.26 Å². The molecule has 1 aromatic heterocycles. The molecule has 0 spiro atoms. The van der Waals surface area contributed by atoms with Crippen LogP contribution in [0.5, 0.6) is 0 Å². The van der Waals surface area contributed by atoms with Crippen LogP contribution in [-0.4, -0.2) is 62.9 Å². The molecule has 1 aliphatic rings. The monoisotopic (exact) mass is 345 g/mol. The largest absolute Gasteiger partial charge is 0.379 e. The van der Waals surface area contributed by atoms with Gasteiger partial charge in [0, 0.05) is 26.1 Å². The standard InChI is InChI=1S/C14H23N3O5S/c1-9(2)11-5-13(22-16-11)14(18)15-12-7-21-6-10(12)8-23(19,20)17(3)4/h5,9-10,12H,6-8H2,1-4H3,(H,15,18)/t10-,12-/m0/s1. The summed E-state index contributed by atoms with van der Waals surface area (Å²) in [4.78, 5) is 12.2. The van der Waals surface area contributed by atoms with E-state index < -0.39 is 15.9 Å². The van der Waals surface area contributed by atoms with Gasteiger partial charge in [0.1, 0.15) is 0 Å². The van der Waals surface area contributed by atoms with Crippen LogP contribution in [-0.2, 0) is 14.8 Å². The van der Waals surface area contributed by atoms with Gasteiger partial charge in [0.2, 0.25) is 15.8 Å². The van der Waals surface area contributed by atoms with Gasteiger partial charge in [-0.2, -0.15) is 0 Å². The Morgan fingerprint density at radius 1 is 1.43 bits per heavy atom. The molecule has 0 radical (unpaired) electrons. The molecule has 1 aromatic rings. The molecule has 1 fully saturated rings. The van der Waals surface area contributed by atoms with Crippen molar-refractivity contribution < 1.29 is 22.5 Å². The van der Waals surface area contributed by atoms with Crippen LogP contribution >= 0.6 is 0 Å². The number of carbonyl (C=O) groups is 1. The third kappa shape index (κ3) is 4.30. The summed E-state index contributed by atoms with van der Waals surface area (Å²) in [7, 11) is -0.382.